The third kappa shape index (κ3) is 2.56. The molecule has 1 heterocycles. The first kappa shape index (κ1) is 14.2. The summed E-state index contributed by atoms with van der Waals surface area (Å²) in [6.07, 6.45) is 0. The third-order valence-electron chi connectivity index (χ3n) is 3.57. The maximum Gasteiger partial charge on any atom is 0.0991 e. The van der Waals surface area contributed by atoms with Crippen molar-refractivity contribution in [2.75, 3.05) is 0 Å². The highest BCUT2D eigenvalue weighted by Crippen LogP contribution is 2.31. The van der Waals surface area contributed by atoms with Crippen LogP contribution in [0.3, 0.4) is 0 Å². The highest BCUT2D eigenvalue weighted by molar-refractivity contribution is 5.79. The molecule has 0 unspecified atom stereocenters. The molecule has 0 N–H and O–H groups in total. The second-order valence-electron chi connectivity index (χ2n) is 6.35. The molecule has 0 aliphatic carbocycles. The van der Waals surface area contributed by atoms with Gasteiger partial charge in [0.1, 0.15) is 0 Å². The van der Waals surface area contributed by atoms with Crippen molar-refractivity contribution in [3.05, 3.63) is 59.8 Å². The first-order valence-corrected chi connectivity index (χ1v) is 7.27. The van der Waals surface area contributed by atoms with E-state index >= 15 is 0 Å². The number of nitrogens with zero attached hydrogens (tertiary/aromatic N) is 3. The van der Waals surface area contributed by atoms with Crippen LogP contribution in [-0.4, -0.2) is 9.97 Å². The van der Waals surface area contributed by atoms with Gasteiger partial charge in [0, 0.05) is 11.0 Å². The monoisotopic (exact) mass is 287 g/mol. The summed E-state index contributed by atoms with van der Waals surface area (Å²) < 4.78 is 0. The normalized spacial score (nSPS) is 11.4. The Hall–Kier alpha value is -2.73. The summed E-state index contributed by atoms with van der Waals surface area (Å²) in [7, 11) is 0. The summed E-state index contributed by atoms with van der Waals surface area (Å²) in [5.74, 6) is 0. The third-order valence-corrected chi connectivity index (χ3v) is 3.57. The molecule has 22 heavy (non-hydrogen) atoms. The lowest BCUT2D eigenvalue weighted by Crippen LogP contribution is -2.16. The molecule has 0 saturated carbocycles. The van der Waals surface area contributed by atoms with Gasteiger partial charge in [-0.15, -0.1) is 0 Å². The molecule has 1 aromatic heterocycles. The average molecular weight is 287 g/mol. The van der Waals surface area contributed by atoms with Gasteiger partial charge in [0.25, 0.3) is 0 Å². The number of rotatable bonds is 1. The molecule has 0 saturated heterocycles. The molecule has 0 fully saturated rings. The number of para-hydroxylation sites is 2. The van der Waals surface area contributed by atoms with Gasteiger partial charge in [-0.05, 0) is 24.3 Å². The molecular formula is C19H17N3. The highest BCUT2D eigenvalue weighted by Gasteiger charge is 2.22. The SMILES string of the molecule is CC(C)(C)c1nc2ccccc2nc1-c1ccc(C#N)cc1. The van der Waals surface area contributed by atoms with E-state index in [-0.39, 0.29) is 5.41 Å². The van der Waals surface area contributed by atoms with E-state index in [1.54, 1.807) is 0 Å². The van der Waals surface area contributed by atoms with Gasteiger partial charge < -0.3 is 0 Å². The van der Waals surface area contributed by atoms with Gasteiger partial charge in [-0.1, -0.05) is 45.0 Å². The Balaban J connectivity index is 2.28. The fourth-order valence-electron chi connectivity index (χ4n) is 2.43. The molecule has 0 spiro atoms. The van der Waals surface area contributed by atoms with Gasteiger partial charge in [-0.25, -0.2) is 9.97 Å². The molecule has 3 nitrogen and oxygen atoms in total. The Morgan fingerprint density at radius 3 is 2.00 bits per heavy atom. The van der Waals surface area contributed by atoms with Crippen LogP contribution in [0.2, 0.25) is 0 Å². The first-order chi connectivity index (χ1) is 10.5. The molecule has 108 valence electrons. The minimum Gasteiger partial charge on any atom is -0.248 e. The number of benzene rings is 2. The Bertz CT molecular complexity index is 866. The molecule has 0 atom stereocenters. The Kier molecular flexibility index (Phi) is 3.38. The second kappa shape index (κ2) is 5.23. The van der Waals surface area contributed by atoms with Crippen LogP contribution >= 0.6 is 0 Å². The Morgan fingerprint density at radius 1 is 0.864 bits per heavy atom. The quantitative estimate of drug-likeness (QED) is 0.663. The molecule has 3 heteroatoms. The maximum atomic E-state index is 8.95. The predicted octanol–water partition coefficient (Wildman–Crippen LogP) is 4.47. The molecule has 0 bridgehead atoms. The first-order valence-electron chi connectivity index (χ1n) is 7.27. The second-order valence-corrected chi connectivity index (χ2v) is 6.35. The van der Waals surface area contributed by atoms with Crippen LogP contribution in [0.1, 0.15) is 32.0 Å². The molecular weight excluding hydrogens is 270 g/mol. The van der Waals surface area contributed by atoms with Crippen molar-refractivity contribution in [3.8, 4) is 17.3 Å². The maximum absolute atomic E-state index is 8.95. The van der Waals surface area contributed by atoms with Crippen LogP contribution in [-0.2, 0) is 5.41 Å². The zero-order valence-corrected chi connectivity index (χ0v) is 13.0. The van der Waals surface area contributed by atoms with Crippen LogP contribution in [0.5, 0.6) is 0 Å². The largest absolute Gasteiger partial charge is 0.248 e. The van der Waals surface area contributed by atoms with Crippen molar-refractivity contribution in [2.45, 2.75) is 26.2 Å². The molecule has 0 radical (unpaired) electrons. The van der Waals surface area contributed by atoms with Crippen molar-refractivity contribution in [1.82, 2.24) is 9.97 Å². The predicted molar refractivity (Wildman–Crippen MR) is 88.4 cm³/mol. The van der Waals surface area contributed by atoms with E-state index in [1.807, 2.05) is 48.5 Å². The van der Waals surface area contributed by atoms with Crippen LogP contribution in [0, 0.1) is 11.3 Å². The Morgan fingerprint density at radius 2 is 1.45 bits per heavy atom. The Labute approximate surface area is 130 Å². The van der Waals surface area contributed by atoms with Gasteiger partial charge in [0.2, 0.25) is 0 Å². The van der Waals surface area contributed by atoms with Crippen LogP contribution in [0.25, 0.3) is 22.3 Å². The summed E-state index contributed by atoms with van der Waals surface area (Å²) in [5.41, 5.74) is 5.17. The van der Waals surface area contributed by atoms with Crippen molar-refractivity contribution < 1.29 is 0 Å². The van der Waals surface area contributed by atoms with Gasteiger partial charge >= 0.3 is 0 Å². The van der Waals surface area contributed by atoms with E-state index < -0.39 is 0 Å². The van der Waals surface area contributed by atoms with E-state index in [4.69, 9.17) is 15.2 Å². The molecule has 0 amide bonds. The van der Waals surface area contributed by atoms with Crippen molar-refractivity contribution in [3.63, 3.8) is 0 Å². The van der Waals surface area contributed by atoms with Gasteiger partial charge in [0.05, 0.1) is 34.1 Å². The van der Waals surface area contributed by atoms with Crippen LogP contribution < -0.4 is 0 Å². The average Bonchev–Trinajstić information content (AvgIpc) is 2.53. The zero-order valence-electron chi connectivity index (χ0n) is 13.0. The van der Waals surface area contributed by atoms with E-state index in [2.05, 4.69) is 26.8 Å². The van der Waals surface area contributed by atoms with Crippen molar-refractivity contribution in [1.29, 1.82) is 5.26 Å². The molecule has 0 aliphatic rings. The van der Waals surface area contributed by atoms with Crippen LogP contribution in [0.4, 0.5) is 0 Å². The fraction of sp³-hybridized carbons (Fsp3) is 0.211. The minimum atomic E-state index is -0.111. The van der Waals surface area contributed by atoms with Gasteiger partial charge in [-0.3, -0.25) is 0 Å². The lowest BCUT2D eigenvalue weighted by molar-refractivity contribution is 0.571. The van der Waals surface area contributed by atoms with Crippen molar-refractivity contribution >= 4 is 11.0 Å². The van der Waals surface area contributed by atoms with Crippen LogP contribution in [0.15, 0.2) is 48.5 Å². The topological polar surface area (TPSA) is 49.6 Å². The van der Waals surface area contributed by atoms with Gasteiger partial charge in [0.15, 0.2) is 0 Å². The molecule has 3 rings (SSSR count). The zero-order chi connectivity index (χ0) is 15.7. The summed E-state index contributed by atoms with van der Waals surface area (Å²) in [5, 5.41) is 8.95. The lowest BCUT2D eigenvalue weighted by Gasteiger charge is -2.21. The smallest absolute Gasteiger partial charge is 0.0991 e. The van der Waals surface area contributed by atoms with E-state index in [9.17, 15) is 0 Å². The summed E-state index contributed by atoms with van der Waals surface area (Å²) >= 11 is 0. The fourth-order valence-corrected chi connectivity index (χ4v) is 2.43. The summed E-state index contributed by atoms with van der Waals surface area (Å²) in [6.45, 7) is 6.41. The minimum absolute atomic E-state index is 0.111. The highest BCUT2D eigenvalue weighted by atomic mass is 14.8. The number of nitriles is 1. The summed E-state index contributed by atoms with van der Waals surface area (Å²) in [6, 6.07) is 17.6. The lowest BCUT2D eigenvalue weighted by atomic mass is 9.88. The van der Waals surface area contributed by atoms with E-state index in [0.717, 1.165) is 28.0 Å². The molecule has 2 aromatic carbocycles. The van der Waals surface area contributed by atoms with Crippen molar-refractivity contribution in [2.24, 2.45) is 0 Å². The number of hydrogen-bond acceptors (Lipinski definition) is 3. The molecule has 0 aliphatic heterocycles. The van der Waals surface area contributed by atoms with E-state index in [0.29, 0.717) is 5.56 Å². The number of fused-ring (bicyclic) bond motifs is 1. The molecule has 3 aromatic rings. The van der Waals surface area contributed by atoms with E-state index in [1.165, 1.54) is 0 Å². The number of hydrogen-bond donors (Lipinski definition) is 0. The number of aromatic nitrogens is 2. The summed E-state index contributed by atoms with van der Waals surface area (Å²) in [4.78, 5) is 9.66. The standard InChI is InChI=1S/C19H17N3/c1-19(2,3)18-17(14-10-8-13(12-20)9-11-14)21-15-6-4-5-7-16(15)22-18/h4-11H,1-3H3. The van der Waals surface area contributed by atoms with Gasteiger partial charge in [-0.2, -0.15) is 5.26 Å².